The van der Waals surface area contributed by atoms with Crippen molar-refractivity contribution in [1.29, 1.82) is 0 Å². The van der Waals surface area contributed by atoms with Gasteiger partial charge in [-0.15, -0.1) is 0 Å². The van der Waals surface area contributed by atoms with E-state index in [1.54, 1.807) is 21.7 Å². The molecule has 0 unspecified atom stereocenters. The van der Waals surface area contributed by atoms with E-state index in [1.165, 1.54) is 64.2 Å². The van der Waals surface area contributed by atoms with Gasteiger partial charge in [-0.1, -0.05) is 101 Å². The van der Waals surface area contributed by atoms with Crippen LogP contribution in [0.25, 0.3) is 0 Å². The fourth-order valence-corrected chi connectivity index (χ4v) is 8.55. The zero-order chi connectivity index (χ0) is 19.3. The van der Waals surface area contributed by atoms with Gasteiger partial charge in [-0.25, -0.2) is 0 Å². The Morgan fingerprint density at radius 3 is 1.39 bits per heavy atom. The molecule has 2 fully saturated rings. The summed E-state index contributed by atoms with van der Waals surface area (Å²) in [5.74, 6) is 1.58. The van der Waals surface area contributed by atoms with Crippen LogP contribution in [0.3, 0.4) is 0 Å². The second-order valence-electron chi connectivity index (χ2n) is 9.25. The molecule has 0 amide bonds. The van der Waals surface area contributed by atoms with Crippen LogP contribution in [0, 0.1) is 0 Å². The highest BCUT2D eigenvalue weighted by molar-refractivity contribution is 7.73. The number of rotatable bonds is 5. The van der Waals surface area contributed by atoms with E-state index in [0.717, 1.165) is 11.8 Å². The van der Waals surface area contributed by atoms with E-state index in [2.05, 4.69) is 62.4 Å². The SMILES string of the molecule is CC(C)P(c1ccccc1C1CCCCC1)c1ccccc1C1CCCCC1. The third kappa shape index (κ3) is 4.38. The number of hydrogen-bond acceptors (Lipinski definition) is 0. The van der Waals surface area contributed by atoms with Crippen molar-refractivity contribution in [2.24, 2.45) is 0 Å². The number of benzene rings is 2. The fourth-order valence-electron chi connectivity index (χ4n) is 5.62. The Bertz CT molecular complexity index is 689. The molecule has 28 heavy (non-hydrogen) atoms. The first-order valence-corrected chi connectivity index (χ1v) is 13.1. The smallest absolute Gasteiger partial charge is 0.0156 e. The first kappa shape index (κ1) is 20.2. The molecule has 0 aliphatic heterocycles. The van der Waals surface area contributed by atoms with Crippen LogP contribution in [0.2, 0.25) is 0 Å². The van der Waals surface area contributed by atoms with Crippen molar-refractivity contribution in [1.82, 2.24) is 0 Å². The molecular weight excluding hydrogens is 355 g/mol. The Morgan fingerprint density at radius 2 is 1.00 bits per heavy atom. The molecule has 0 atom stereocenters. The van der Waals surface area contributed by atoms with Gasteiger partial charge in [-0.2, -0.15) is 0 Å². The summed E-state index contributed by atoms with van der Waals surface area (Å²) in [4.78, 5) is 0. The van der Waals surface area contributed by atoms with Crippen LogP contribution < -0.4 is 10.6 Å². The minimum Gasteiger partial charge on any atom is -0.0619 e. The van der Waals surface area contributed by atoms with Gasteiger partial charge in [-0.3, -0.25) is 0 Å². The van der Waals surface area contributed by atoms with Gasteiger partial charge in [0.2, 0.25) is 0 Å². The van der Waals surface area contributed by atoms with Crippen molar-refractivity contribution in [3.63, 3.8) is 0 Å². The second-order valence-corrected chi connectivity index (χ2v) is 12.0. The Balaban J connectivity index is 1.75. The average Bonchev–Trinajstić information content (AvgIpc) is 2.76. The van der Waals surface area contributed by atoms with Crippen molar-refractivity contribution in [3.8, 4) is 0 Å². The highest BCUT2D eigenvalue weighted by Gasteiger charge is 2.28. The van der Waals surface area contributed by atoms with Crippen molar-refractivity contribution >= 4 is 18.5 Å². The van der Waals surface area contributed by atoms with Crippen LogP contribution in [0.15, 0.2) is 48.5 Å². The molecule has 1 heteroatoms. The third-order valence-corrected chi connectivity index (χ3v) is 9.88. The van der Waals surface area contributed by atoms with Gasteiger partial charge < -0.3 is 0 Å². The van der Waals surface area contributed by atoms with Gasteiger partial charge in [-0.05, 0) is 72.8 Å². The molecule has 4 rings (SSSR count). The molecule has 0 aromatic heterocycles. The first-order chi connectivity index (χ1) is 13.8. The van der Waals surface area contributed by atoms with Gasteiger partial charge in [0, 0.05) is 0 Å². The van der Waals surface area contributed by atoms with Crippen LogP contribution in [0.5, 0.6) is 0 Å². The molecule has 0 nitrogen and oxygen atoms in total. The lowest BCUT2D eigenvalue weighted by Crippen LogP contribution is -2.26. The molecule has 2 saturated carbocycles. The minimum absolute atomic E-state index is 0.301. The van der Waals surface area contributed by atoms with Crippen molar-refractivity contribution in [2.45, 2.75) is 95.6 Å². The van der Waals surface area contributed by atoms with Gasteiger partial charge >= 0.3 is 0 Å². The summed E-state index contributed by atoms with van der Waals surface area (Å²) < 4.78 is 0. The lowest BCUT2D eigenvalue weighted by atomic mass is 9.84. The summed E-state index contributed by atoms with van der Waals surface area (Å²) in [6.07, 6.45) is 14.1. The maximum Gasteiger partial charge on any atom is -0.0156 e. The zero-order valence-electron chi connectivity index (χ0n) is 17.9. The second kappa shape index (κ2) is 9.58. The van der Waals surface area contributed by atoms with Crippen LogP contribution in [-0.2, 0) is 0 Å². The summed E-state index contributed by atoms with van der Waals surface area (Å²) >= 11 is 0. The highest BCUT2D eigenvalue weighted by Crippen LogP contribution is 2.46. The lowest BCUT2D eigenvalue weighted by molar-refractivity contribution is 0.444. The maximum atomic E-state index is 2.48. The van der Waals surface area contributed by atoms with Crippen molar-refractivity contribution in [2.75, 3.05) is 0 Å². The van der Waals surface area contributed by atoms with E-state index in [1.807, 2.05) is 0 Å². The summed E-state index contributed by atoms with van der Waals surface area (Å²) in [5.41, 5.74) is 4.05. The Morgan fingerprint density at radius 1 is 0.607 bits per heavy atom. The topological polar surface area (TPSA) is 0 Å². The summed E-state index contributed by atoms with van der Waals surface area (Å²) in [6, 6.07) is 19.0. The van der Waals surface area contributed by atoms with Gasteiger partial charge in [0.25, 0.3) is 0 Å². The van der Waals surface area contributed by atoms with Crippen LogP contribution in [0.4, 0.5) is 0 Å². The average molecular weight is 393 g/mol. The molecule has 150 valence electrons. The molecule has 0 bridgehead atoms. The molecule has 0 spiro atoms. The van der Waals surface area contributed by atoms with E-state index in [0.29, 0.717) is 5.66 Å². The molecule has 0 heterocycles. The van der Waals surface area contributed by atoms with E-state index in [-0.39, 0.29) is 7.92 Å². The molecular formula is C27H37P. The molecule has 2 aromatic carbocycles. The van der Waals surface area contributed by atoms with E-state index in [4.69, 9.17) is 0 Å². The van der Waals surface area contributed by atoms with Gasteiger partial charge in [0.05, 0.1) is 0 Å². The lowest BCUT2D eigenvalue weighted by Gasteiger charge is -2.33. The largest absolute Gasteiger partial charge is 0.0619 e. The normalized spacial score (nSPS) is 19.4. The van der Waals surface area contributed by atoms with Crippen molar-refractivity contribution < 1.29 is 0 Å². The van der Waals surface area contributed by atoms with Crippen molar-refractivity contribution in [3.05, 3.63) is 59.7 Å². The molecule has 0 N–H and O–H groups in total. The fraction of sp³-hybridized carbons (Fsp3) is 0.556. The molecule has 2 aliphatic rings. The minimum atomic E-state index is -0.301. The van der Waals surface area contributed by atoms with Crippen LogP contribution in [-0.4, -0.2) is 5.66 Å². The molecule has 0 radical (unpaired) electrons. The maximum absolute atomic E-state index is 2.48. The number of hydrogen-bond donors (Lipinski definition) is 0. The molecule has 2 aliphatic carbocycles. The monoisotopic (exact) mass is 392 g/mol. The van der Waals surface area contributed by atoms with E-state index in [9.17, 15) is 0 Å². The first-order valence-electron chi connectivity index (χ1n) is 11.7. The van der Waals surface area contributed by atoms with E-state index < -0.39 is 0 Å². The third-order valence-electron chi connectivity index (χ3n) is 7.00. The van der Waals surface area contributed by atoms with Gasteiger partial charge in [0.1, 0.15) is 0 Å². The summed E-state index contributed by atoms with van der Waals surface area (Å²) in [5, 5.41) is 3.37. The Kier molecular flexibility index (Phi) is 6.90. The Labute approximate surface area is 173 Å². The predicted octanol–water partition coefficient (Wildman–Crippen LogP) is 7.62. The predicted molar refractivity (Wildman–Crippen MR) is 126 cm³/mol. The summed E-state index contributed by atoms with van der Waals surface area (Å²) in [7, 11) is -0.301. The van der Waals surface area contributed by atoms with E-state index >= 15 is 0 Å². The van der Waals surface area contributed by atoms with Crippen LogP contribution >= 0.6 is 7.92 Å². The summed E-state index contributed by atoms with van der Waals surface area (Å²) in [6.45, 7) is 4.92. The van der Waals surface area contributed by atoms with Gasteiger partial charge in [0.15, 0.2) is 0 Å². The molecule has 0 saturated heterocycles. The zero-order valence-corrected chi connectivity index (χ0v) is 18.8. The molecule has 2 aromatic rings. The standard InChI is InChI=1S/C27H37P/c1-21(2)28(26-19-11-9-17-24(26)22-13-5-3-6-14-22)27-20-12-10-18-25(27)23-15-7-4-8-16-23/h9-12,17-23H,3-8,13-16H2,1-2H3. The highest BCUT2D eigenvalue weighted by atomic mass is 31.1. The van der Waals surface area contributed by atoms with Crippen LogP contribution in [0.1, 0.15) is 101 Å². The quantitative estimate of drug-likeness (QED) is 0.459. The Hall–Kier alpha value is -1.13.